The third-order valence-electron chi connectivity index (χ3n) is 3.90. The van der Waals surface area contributed by atoms with Crippen LogP contribution < -0.4 is 10.2 Å². The van der Waals surface area contributed by atoms with Gasteiger partial charge in [-0.2, -0.15) is 0 Å². The van der Waals surface area contributed by atoms with Gasteiger partial charge in [0.1, 0.15) is 0 Å². The molecule has 0 radical (unpaired) electrons. The van der Waals surface area contributed by atoms with Gasteiger partial charge in [0, 0.05) is 38.4 Å². The van der Waals surface area contributed by atoms with E-state index in [-0.39, 0.29) is 0 Å². The molecule has 3 heteroatoms. The molecule has 1 aliphatic heterocycles. The first kappa shape index (κ1) is 14.4. The Labute approximate surface area is 117 Å². The Hall–Kier alpha value is -1.06. The molecule has 1 aromatic rings. The van der Waals surface area contributed by atoms with Crippen LogP contribution in [0.4, 0.5) is 5.69 Å². The van der Waals surface area contributed by atoms with Gasteiger partial charge in [-0.05, 0) is 45.5 Å². The lowest BCUT2D eigenvalue weighted by Crippen LogP contribution is -2.37. The number of nitrogens with one attached hydrogen (secondary N) is 1. The van der Waals surface area contributed by atoms with Crippen molar-refractivity contribution in [2.75, 3.05) is 50.7 Å². The Morgan fingerprint density at radius 3 is 2.68 bits per heavy atom. The summed E-state index contributed by atoms with van der Waals surface area (Å²) in [6, 6.07) is 8.88. The van der Waals surface area contributed by atoms with Crippen LogP contribution in [0.1, 0.15) is 18.9 Å². The average molecular weight is 261 g/mol. The van der Waals surface area contributed by atoms with Crippen LogP contribution in [0.3, 0.4) is 0 Å². The van der Waals surface area contributed by atoms with Gasteiger partial charge >= 0.3 is 0 Å². The van der Waals surface area contributed by atoms with E-state index >= 15 is 0 Å². The summed E-state index contributed by atoms with van der Waals surface area (Å²) in [5.74, 6) is 0. The Kier molecular flexibility index (Phi) is 5.67. The molecule has 1 heterocycles. The summed E-state index contributed by atoms with van der Waals surface area (Å²) in [4.78, 5) is 5.05. The highest BCUT2D eigenvalue weighted by Crippen LogP contribution is 2.14. The molecule has 19 heavy (non-hydrogen) atoms. The first-order chi connectivity index (χ1) is 9.29. The maximum absolute atomic E-state index is 3.46. The second-order valence-corrected chi connectivity index (χ2v) is 5.36. The van der Waals surface area contributed by atoms with Gasteiger partial charge in [-0.3, -0.25) is 0 Å². The number of likely N-dealkylation sites (N-methyl/N-ethyl adjacent to an activating group) is 1. The SMILES string of the molecule is CCN(CCN1CCCNCC1)c1ccc(C)cc1. The Balaban J connectivity index is 1.86. The smallest absolute Gasteiger partial charge is 0.0366 e. The molecule has 2 rings (SSSR count). The van der Waals surface area contributed by atoms with E-state index in [1.54, 1.807) is 0 Å². The fourth-order valence-electron chi connectivity index (χ4n) is 2.61. The minimum Gasteiger partial charge on any atom is -0.371 e. The fourth-order valence-corrected chi connectivity index (χ4v) is 2.61. The van der Waals surface area contributed by atoms with E-state index in [1.165, 1.54) is 43.9 Å². The highest BCUT2D eigenvalue weighted by Gasteiger charge is 2.10. The van der Waals surface area contributed by atoms with Crippen molar-refractivity contribution >= 4 is 5.69 Å². The molecule has 1 aromatic carbocycles. The van der Waals surface area contributed by atoms with Crippen molar-refractivity contribution < 1.29 is 0 Å². The molecule has 1 N–H and O–H groups in total. The summed E-state index contributed by atoms with van der Waals surface area (Å²) in [5, 5.41) is 3.46. The standard InChI is InChI=1S/C16H27N3/c1-3-19(16-7-5-15(2)6-8-16)14-13-18-11-4-9-17-10-12-18/h5-8,17H,3-4,9-14H2,1-2H3. The Bertz CT molecular complexity index is 353. The molecule has 1 aliphatic rings. The third kappa shape index (κ3) is 4.51. The average Bonchev–Trinajstić information content (AvgIpc) is 2.70. The summed E-state index contributed by atoms with van der Waals surface area (Å²) in [6.45, 7) is 12.5. The summed E-state index contributed by atoms with van der Waals surface area (Å²) < 4.78 is 0. The molecule has 0 saturated carbocycles. The van der Waals surface area contributed by atoms with Crippen LogP contribution in [0.5, 0.6) is 0 Å². The zero-order valence-corrected chi connectivity index (χ0v) is 12.4. The summed E-state index contributed by atoms with van der Waals surface area (Å²) in [6.07, 6.45) is 1.27. The van der Waals surface area contributed by atoms with Crippen LogP contribution in [0.25, 0.3) is 0 Å². The van der Waals surface area contributed by atoms with E-state index < -0.39 is 0 Å². The van der Waals surface area contributed by atoms with Crippen molar-refractivity contribution in [3.63, 3.8) is 0 Å². The number of hydrogen-bond donors (Lipinski definition) is 1. The maximum atomic E-state index is 3.46. The molecule has 0 aromatic heterocycles. The lowest BCUT2D eigenvalue weighted by Gasteiger charge is -2.27. The maximum Gasteiger partial charge on any atom is 0.0366 e. The molecule has 0 spiro atoms. The first-order valence-electron chi connectivity index (χ1n) is 7.54. The predicted molar refractivity (Wildman–Crippen MR) is 83.0 cm³/mol. The zero-order chi connectivity index (χ0) is 13.5. The predicted octanol–water partition coefficient (Wildman–Crippen LogP) is 2.12. The molecule has 106 valence electrons. The second-order valence-electron chi connectivity index (χ2n) is 5.36. The van der Waals surface area contributed by atoms with Crippen molar-refractivity contribution in [2.45, 2.75) is 20.3 Å². The number of benzene rings is 1. The van der Waals surface area contributed by atoms with Crippen LogP contribution in [-0.4, -0.2) is 50.7 Å². The Morgan fingerprint density at radius 1 is 1.16 bits per heavy atom. The molecule has 0 unspecified atom stereocenters. The second kappa shape index (κ2) is 7.51. The number of nitrogens with zero attached hydrogens (tertiary/aromatic N) is 2. The monoisotopic (exact) mass is 261 g/mol. The summed E-state index contributed by atoms with van der Waals surface area (Å²) >= 11 is 0. The van der Waals surface area contributed by atoms with Crippen LogP contribution in [-0.2, 0) is 0 Å². The molecule has 0 aliphatic carbocycles. The van der Waals surface area contributed by atoms with Crippen LogP contribution in [0.15, 0.2) is 24.3 Å². The van der Waals surface area contributed by atoms with Crippen molar-refractivity contribution in [3.05, 3.63) is 29.8 Å². The Morgan fingerprint density at radius 2 is 1.95 bits per heavy atom. The molecule has 3 nitrogen and oxygen atoms in total. The fraction of sp³-hybridized carbons (Fsp3) is 0.625. The zero-order valence-electron chi connectivity index (χ0n) is 12.4. The van der Waals surface area contributed by atoms with E-state index in [2.05, 4.69) is 53.2 Å². The van der Waals surface area contributed by atoms with Crippen molar-refractivity contribution in [1.29, 1.82) is 0 Å². The number of aryl methyl sites for hydroxylation is 1. The van der Waals surface area contributed by atoms with E-state index in [9.17, 15) is 0 Å². The van der Waals surface area contributed by atoms with Gasteiger partial charge in [0.05, 0.1) is 0 Å². The molecular weight excluding hydrogens is 234 g/mol. The van der Waals surface area contributed by atoms with Gasteiger partial charge in [-0.25, -0.2) is 0 Å². The van der Waals surface area contributed by atoms with E-state index in [0.717, 1.165) is 19.6 Å². The third-order valence-corrected chi connectivity index (χ3v) is 3.90. The van der Waals surface area contributed by atoms with Gasteiger partial charge in [-0.15, -0.1) is 0 Å². The molecule has 0 bridgehead atoms. The molecule has 0 amide bonds. The molecule has 1 fully saturated rings. The van der Waals surface area contributed by atoms with Gasteiger partial charge < -0.3 is 15.1 Å². The van der Waals surface area contributed by atoms with Crippen LogP contribution in [0, 0.1) is 6.92 Å². The van der Waals surface area contributed by atoms with E-state index in [0.29, 0.717) is 0 Å². The lowest BCUT2D eigenvalue weighted by molar-refractivity contribution is 0.298. The minimum absolute atomic E-state index is 1.08. The molecular formula is C16H27N3. The van der Waals surface area contributed by atoms with Gasteiger partial charge in [0.15, 0.2) is 0 Å². The normalized spacial score (nSPS) is 17.2. The largest absolute Gasteiger partial charge is 0.371 e. The summed E-state index contributed by atoms with van der Waals surface area (Å²) in [5.41, 5.74) is 2.68. The number of hydrogen-bond acceptors (Lipinski definition) is 3. The molecule has 1 saturated heterocycles. The van der Waals surface area contributed by atoms with Crippen LogP contribution in [0.2, 0.25) is 0 Å². The summed E-state index contributed by atoms with van der Waals surface area (Å²) in [7, 11) is 0. The number of rotatable bonds is 5. The highest BCUT2D eigenvalue weighted by atomic mass is 15.2. The number of anilines is 1. The topological polar surface area (TPSA) is 18.5 Å². The highest BCUT2D eigenvalue weighted by molar-refractivity contribution is 5.47. The van der Waals surface area contributed by atoms with E-state index in [1.807, 2.05) is 0 Å². The molecule has 0 atom stereocenters. The van der Waals surface area contributed by atoms with Crippen molar-refractivity contribution in [1.82, 2.24) is 10.2 Å². The van der Waals surface area contributed by atoms with Crippen LogP contribution >= 0.6 is 0 Å². The van der Waals surface area contributed by atoms with Gasteiger partial charge in [0.25, 0.3) is 0 Å². The minimum atomic E-state index is 1.08. The van der Waals surface area contributed by atoms with Crippen molar-refractivity contribution in [2.24, 2.45) is 0 Å². The van der Waals surface area contributed by atoms with Gasteiger partial charge in [-0.1, -0.05) is 17.7 Å². The quantitative estimate of drug-likeness (QED) is 0.876. The first-order valence-corrected chi connectivity index (χ1v) is 7.54. The van der Waals surface area contributed by atoms with Crippen molar-refractivity contribution in [3.8, 4) is 0 Å². The lowest BCUT2D eigenvalue weighted by atomic mass is 10.2. The van der Waals surface area contributed by atoms with E-state index in [4.69, 9.17) is 0 Å². The van der Waals surface area contributed by atoms with Gasteiger partial charge in [0.2, 0.25) is 0 Å².